The van der Waals surface area contributed by atoms with Gasteiger partial charge in [0.2, 0.25) is 0 Å². The lowest BCUT2D eigenvalue weighted by atomic mass is 10.2. The van der Waals surface area contributed by atoms with Crippen LogP contribution in [0.4, 0.5) is 4.39 Å². The van der Waals surface area contributed by atoms with Crippen molar-refractivity contribution in [2.75, 3.05) is 6.61 Å². The van der Waals surface area contributed by atoms with Crippen LogP contribution in [0, 0.1) is 5.82 Å². The second-order valence-corrected chi connectivity index (χ2v) is 6.05. The summed E-state index contributed by atoms with van der Waals surface area (Å²) in [6, 6.07) is 6.36. The van der Waals surface area contributed by atoms with Gasteiger partial charge in [0, 0.05) is 20.3 Å². The van der Waals surface area contributed by atoms with E-state index in [9.17, 15) is 23.6 Å². The quantitative estimate of drug-likeness (QED) is 0.574. The van der Waals surface area contributed by atoms with Crippen molar-refractivity contribution in [3.8, 4) is 5.75 Å². The number of ether oxygens (including phenoxy) is 1. The first-order valence-electron chi connectivity index (χ1n) is 8.31. The first-order valence-corrected chi connectivity index (χ1v) is 8.31. The molecule has 0 unspecified atom stereocenters. The Labute approximate surface area is 162 Å². The summed E-state index contributed by atoms with van der Waals surface area (Å²) in [6.45, 7) is -0.412. The summed E-state index contributed by atoms with van der Waals surface area (Å²) in [5.74, 6) is -1.53. The zero-order valence-electron chi connectivity index (χ0n) is 15.4. The van der Waals surface area contributed by atoms with E-state index in [1.807, 2.05) is 0 Å². The van der Waals surface area contributed by atoms with E-state index >= 15 is 0 Å². The molecule has 1 aromatic carbocycles. The second-order valence-electron chi connectivity index (χ2n) is 6.05. The number of aromatic nitrogens is 3. The van der Waals surface area contributed by atoms with Crippen LogP contribution >= 0.6 is 0 Å². The molecule has 0 aliphatic heterocycles. The summed E-state index contributed by atoms with van der Waals surface area (Å²) in [5, 5.41) is 0.0771. The van der Waals surface area contributed by atoms with Crippen molar-refractivity contribution in [1.82, 2.24) is 25.0 Å². The van der Waals surface area contributed by atoms with Crippen LogP contribution < -0.4 is 26.8 Å². The van der Waals surface area contributed by atoms with Crippen LogP contribution in [0.3, 0.4) is 0 Å². The Morgan fingerprint density at radius 3 is 2.48 bits per heavy atom. The predicted octanol–water partition coefficient (Wildman–Crippen LogP) is -0.389. The monoisotopic (exact) mass is 401 g/mol. The summed E-state index contributed by atoms with van der Waals surface area (Å²) in [7, 11) is 2.77. The minimum absolute atomic E-state index is 0.00741. The van der Waals surface area contributed by atoms with Gasteiger partial charge < -0.3 is 4.74 Å². The maximum Gasteiger partial charge on any atom is 0.332 e. The van der Waals surface area contributed by atoms with E-state index in [0.29, 0.717) is 0 Å². The van der Waals surface area contributed by atoms with Gasteiger partial charge in [-0.15, -0.1) is 0 Å². The summed E-state index contributed by atoms with van der Waals surface area (Å²) in [4.78, 5) is 52.2. The molecule has 2 N–H and O–H groups in total. The molecule has 0 fully saturated rings. The predicted molar refractivity (Wildman–Crippen MR) is 99.7 cm³/mol. The van der Waals surface area contributed by atoms with Crippen molar-refractivity contribution in [2.45, 2.75) is 0 Å². The van der Waals surface area contributed by atoms with E-state index < -0.39 is 35.5 Å². The Kier molecular flexibility index (Phi) is 5.39. The highest BCUT2D eigenvalue weighted by Gasteiger charge is 2.14. The molecule has 2 heterocycles. The Bertz CT molecular complexity index is 1220. The molecule has 11 heteroatoms. The molecule has 0 aliphatic carbocycles. The fourth-order valence-corrected chi connectivity index (χ4v) is 2.50. The van der Waals surface area contributed by atoms with Gasteiger partial charge >= 0.3 is 5.69 Å². The number of halogens is 1. The average molecular weight is 401 g/mol. The highest BCUT2D eigenvalue weighted by atomic mass is 19.1. The fourth-order valence-electron chi connectivity index (χ4n) is 2.50. The van der Waals surface area contributed by atoms with Crippen LogP contribution in [0.5, 0.6) is 5.75 Å². The molecule has 0 aliphatic rings. The molecule has 29 heavy (non-hydrogen) atoms. The molecule has 0 atom stereocenters. The number of pyridine rings is 1. The molecule has 2 aromatic heterocycles. The molecule has 150 valence electrons. The number of aryl methyl sites for hydroxylation is 1. The van der Waals surface area contributed by atoms with E-state index in [0.717, 1.165) is 4.57 Å². The third kappa shape index (κ3) is 4.13. The van der Waals surface area contributed by atoms with Gasteiger partial charge in [-0.05, 0) is 30.3 Å². The number of amides is 2. The average Bonchev–Trinajstić information content (AvgIpc) is 2.73. The van der Waals surface area contributed by atoms with Gasteiger partial charge in [0.1, 0.15) is 17.2 Å². The van der Waals surface area contributed by atoms with Crippen LogP contribution in [0.2, 0.25) is 0 Å². The van der Waals surface area contributed by atoms with Crippen LogP contribution in [0.15, 0.2) is 46.1 Å². The van der Waals surface area contributed by atoms with Crippen molar-refractivity contribution < 1.29 is 18.7 Å². The number of nitrogens with zero attached hydrogens (tertiary/aromatic N) is 3. The third-order valence-corrected chi connectivity index (χ3v) is 4.05. The highest BCUT2D eigenvalue weighted by molar-refractivity contribution is 5.97. The number of hydrazine groups is 1. The number of carbonyl (C=O) groups is 2. The highest BCUT2D eigenvalue weighted by Crippen LogP contribution is 2.10. The van der Waals surface area contributed by atoms with Gasteiger partial charge in [-0.3, -0.25) is 34.4 Å². The molecule has 0 bridgehead atoms. The zero-order valence-corrected chi connectivity index (χ0v) is 15.4. The SMILES string of the molecule is Cn1c(=O)c2cc(C(=O)NNC(=O)COc3ccc(F)cc3)cnc2n(C)c1=O. The molecule has 10 nitrogen and oxygen atoms in total. The number of hydrogen-bond donors (Lipinski definition) is 2. The number of benzene rings is 1. The van der Waals surface area contributed by atoms with Crippen LogP contribution in [-0.4, -0.2) is 32.5 Å². The molecule has 2 amide bonds. The summed E-state index contributed by atoms with van der Waals surface area (Å²) in [6.07, 6.45) is 1.18. The smallest absolute Gasteiger partial charge is 0.332 e. The van der Waals surface area contributed by atoms with Crippen LogP contribution in [-0.2, 0) is 18.9 Å². The minimum atomic E-state index is -0.717. The number of carbonyl (C=O) groups excluding carboxylic acids is 2. The molecule has 0 radical (unpaired) electrons. The van der Waals surface area contributed by atoms with Gasteiger partial charge in [0.25, 0.3) is 17.4 Å². The molecule has 0 spiro atoms. The molecular weight excluding hydrogens is 385 g/mol. The number of rotatable bonds is 4. The summed E-state index contributed by atoms with van der Waals surface area (Å²) < 4.78 is 20.1. The lowest BCUT2D eigenvalue weighted by molar-refractivity contribution is -0.123. The summed E-state index contributed by atoms with van der Waals surface area (Å²) in [5.41, 5.74) is 3.33. The Hall–Kier alpha value is -4.02. The first-order chi connectivity index (χ1) is 13.8. The van der Waals surface area contributed by atoms with Gasteiger partial charge in [0.05, 0.1) is 10.9 Å². The zero-order chi connectivity index (χ0) is 21.1. The fraction of sp³-hybridized carbons (Fsp3) is 0.167. The van der Waals surface area contributed by atoms with E-state index in [1.165, 1.54) is 55.2 Å². The lowest BCUT2D eigenvalue weighted by Gasteiger charge is -2.10. The molecule has 0 saturated carbocycles. The maximum atomic E-state index is 12.8. The van der Waals surface area contributed by atoms with Crippen molar-refractivity contribution in [3.63, 3.8) is 0 Å². The van der Waals surface area contributed by atoms with Crippen molar-refractivity contribution >= 4 is 22.8 Å². The molecule has 3 aromatic rings. The normalized spacial score (nSPS) is 10.6. The largest absolute Gasteiger partial charge is 0.484 e. The second kappa shape index (κ2) is 7.92. The van der Waals surface area contributed by atoms with Crippen LogP contribution in [0.1, 0.15) is 10.4 Å². The standard InChI is InChI=1S/C18H16FN5O5/c1-23-15-13(17(27)24(2)18(23)28)7-10(8-20-15)16(26)22-21-14(25)9-29-12-5-3-11(19)4-6-12/h3-8H,9H2,1-2H3,(H,21,25)(H,22,26). The molecular formula is C18H16FN5O5. The lowest BCUT2D eigenvalue weighted by Crippen LogP contribution is -2.44. The first kappa shape index (κ1) is 19.7. The number of fused-ring (bicyclic) bond motifs is 1. The van der Waals surface area contributed by atoms with E-state index in [-0.39, 0.29) is 22.3 Å². The van der Waals surface area contributed by atoms with Gasteiger partial charge in [0.15, 0.2) is 6.61 Å². The van der Waals surface area contributed by atoms with Crippen molar-refractivity contribution in [1.29, 1.82) is 0 Å². The number of hydrogen-bond acceptors (Lipinski definition) is 6. The number of nitrogens with one attached hydrogen (secondary N) is 2. The third-order valence-electron chi connectivity index (χ3n) is 4.05. The Morgan fingerprint density at radius 1 is 1.10 bits per heavy atom. The Balaban J connectivity index is 1.66. The van der Waals surface area contributed by atoms with E-state index in [4.69, 9.17) is 4.74 Å². The van der Waals surface area contributed by atoms with Gasteiger partial charge in [-0.1, -0.05) is 0 Å². The minimum Gasteiger partial charge on any atom is -0.484 e. The van der Waals surface area contributed by atoms with Gasteiger partial charge in [-0.2, -0.15) is 0 Å². The summed E-state index contributed by atoms with van der Waals surface area (Å²) >= 11 is 0. The van der Waals surface area contributed by atoms with Crippen molar-refractivity contribution in [3.05, 3.63) is 68.7 Å². The van der Waals surface area contributed by atoms with E-state index in [2.05, 4.69) is 15.8 Å². The maximum absolute atomic E-state index is 12.8. The molecule has 3 rings (SSSR count). The Morgan fingerprint density at radius 2 is 1.79 bits per heavy atom. The van der Waals surface area contributed by atoms with E-state index in [1.54, 1.807) is 0 Å². The van der Waals surface area contributed by atoms with Gasteiger partial charge in [-0.25, -0.2) is 14.2 Å². The molecule has 0 saturated heterocycles. The topological polar surface area (TPSA) is 124 Å². The van der Waals surface area contributed by atoms with Crippen LogP contribution in [0.25, 0.3) is 11.0 Å². The van der Waals surface area contributed by atoms with Crippen molar-refractivity contribution in [2.24, 2.45) is 14.1 Å².